The Morgan fingerprint density at radius 3 is 2.81 bits per heavy atom. The molecule has 1 aromatic carbocycles. The van der Waals surface area contributed by atoms with Crippen LogP contribution in [0, 0.1) is 5.92 Å². The van der Waals surface area contributed by atoms with Gasteiger partial charge in [-0.1, -0.05) is 6.07 Å². The Bertz CT molecular complexity index is 696. The molecule has 0 bridgehead atoms. The second-order valence-corrected chi connectivity index (χ2v) is 5.45. The van der Waals surface area contributed by atoms with Gasteiger partial charge in [-0.2, -0.15) is 13.2 Å². The maximum Gasteiger partial charge on any atom is 0.418 e. The van der Waals surface area contributed by atoms with E-state index in [1.807, 2.05) is 0 Å². The van der Waals surface area contributed by atoms with E-state index in [-0.39, 0.29) is 17.0 Å². The van der Waals surface area contributed by atoms with Crippen LogP contribution in [0.25, 0.3) is 11.0 Å². The Labute approximate surface area is 119 Å². The molecule has 114 valence electrons. The second-order valence-electron chi connectivity index (χ2n) is 5.45. The predicted molar refractivity (Wildman–Crippen MR) is 73.2 cm³/mol. The van der Waals surface area contributed by atoms with Crippen molar-refractivity contribution in [2.45, 2.75) is 25.6 Å². The lowest BCUT2D eigenvalue weighted by Gasteiger charge is -2.23. The highest BCUT2D eigenvalue weighted by atomic mass is 19.4. The van der Waals surface area contributed by atoms with Crippen molar-refractivity contribution in [3.05, 3.63) is 34.2 Å². The first-order valence-electron chi connectivity index (χ1n) is 6.96. The molecule has 0 amide bonds. The third kappa shape index (κ3) is 2.70. The zero-order valence-electron chi connectivity index (χ0n) is 11.3. The van der Waals surface area contributed by atoms with Crippen LogP contribution in [-0.2, 0) is 12.7 Å². The predicted octanol–water partition coefficient (Wildman–Crippen LogP) is 2.35. The minimum absolute atomic E-state index is 0.0411. The lowest BCUT2D eigenvalue weighted by Crippen LogP contribution is -2.34. The summed E-state index contributed by atoms with van der Waals surface area (Å²) in [5.41, 5.74) is -1.05. The molecule has 1 unspecified atom stereocenters. The van der Waals surface area contributed by atoms with Crippen molar-refractivity contribution in [1.29, 1.82) is 0 Å². The number of imidazole rings is 1. The number of halogens is 3. The molecule has 0 radical (unpaired) electrons. The van der Waals surface area contributed by atoms with Crippen molar-refractivity contribution >= 4 is 11.0 Å². The Kier molecular flexibility index (Phi) is 3.52. The first kappa shape index (κ1) is 14.2. The van der Waals surface area contributed by atoms with Crippen molar-refractivity contribution < 1.29 is 13.2 Å². The molecule has 1 saturated heterocycles. The Hall–Kier alpha value is -1.76. The molecule has 2 heterocycles. The minimum Gasteiger partial charge on any atom is -0.316 e. The van der Waals surface area contributed by atoms with E-state index in [1.165, 1.54) is 16.7 Å². The number of hydrogen-bond acceptors (Lipinski definition) is 2. The Morgan fingerprint density at radius 1 is 1.33 bits per heavy atom. The fourth-order valence-electron chi connectivity index (χ4n) is 2.96. The van der Waals surface area contributed by atoms with Crippen molar-refractivity contribution in [1.82, 2.24) is 14.9 Å². The zero-order chi connectivity index (χ0) is 15.0. The smallest absolute Gasteiger partial charge is 0.316 e. The van der Waals surface area contributed by atoms with Crippen LogP contribution < -0.4 is 11.0 Å². The summed E-state index contributed by atoms with van der Waals surface area (Å²) in [6, 6.07) is 3.83. The number of hydrogen-bond donors (Lipinski definition) is 2. The molecule has 3 rings (SSSR count). The summed E-state index contributed by atoms with van der Waals surface area (Å²) in [6.45, 7) is 1.96. The number of aromatic nitrogens is 2. The summed E-state index contributed by atoms with van der Waals surface area (Å²) in [4.78, 5) is 14.5. The van der Waals surface area contributed by atoms with Gasteiger partial charge in [-0.05, 0) is 44.0 Å². The lowest BCUT2D eigenvalue weighted by molar-refractivity contribution is -0.136. The van der Waals surface area contributed by atoms with Crippen LogP contribution in [0.4, 0.5) is 13.2 Å². The van der Waals surface area contributed by atoms with Crippen LogP contribution in [0.3, 0.4) is 0 Å². The van der Waals surface area contributed by atoms with Gasteiger partial charge in [0.25, 0.3) is 0 Å². The molecule has 7 heteroatoms. The van der Waals surface area contributed by atoms with Gasteiger partial charge in [0.2, 0.25) is 0 Å². The molecule has 1 aliphatic rings. The highest BCUT2D eigenvalue weighted by Crippen LogP contribution is 2.34. The monoisotopic (exact) mass is 299 g/mol. The molecule has 1 aliphatic heterocycles. The fourth-order valence-corrected chi connectivity index (χ4v) is 2.96. The van der Waals surface area contributed by atoms with Crippen molar-refractivity contribution in [3.8, 4) is 0 Å². The number of alkyl halides is 3. The fraction of sp³-hybridized carbons (Fsp3) is 0.500. The summed E-state index contributed by atoms with van der Waals surface area (Å²) in [6.07, 6.45) is -2.57. The Morgan fingerprint density at radius 2 is 2.14 bits per heavy atom. The second kappa shape index (κ2) is 5.22. The topological polar surface area (TPSA) is 49.8 Å². The maximum atomic E-state index is 13.1. The number of benzene rings is 1. The van der Waals surface area contributed by atoms with Gasteiger partial charge in [0, 0.05) is 6.54 Å². The highest BCUT2D eigenvalue weighted by molar-refractivity contribution is 5.79. The normalized spacial score (nSPS) is 20.0. The molecule has 0 aliphatic carbocycles. The molecule has 2 aromatic rings. The maximum absolute atomic E-state index is 13.1. The number of nitrogens with one attached hydrogen (secondary N) is 2. The number of nitrogens with zero attached hydrogens (tertiary/aromatic N) is 1. The highest BCUT2D eigenvalue weighted by Gasteiger charge is 2.34. The molecule has 1 atom stereocenters. The van der Waals surface area contributed by atoms with Gasteiger partial charge in [0.15, 0.2) is 0 Å². The first-order valence-corrected chi connectivity index (χ1v) is 6.96. The van der Waals surface area contributed by atoms with E-state index in [0.717, 1.165) is 32.0 Å². The van der Waals surface area contributed by atoms with E-state index in [1.54, 1.807) is 0 Å². The van der Waals surface area contributed by atoms with Gasteiger partial charge in [-0.3, -0.25) is 4.57 Å². The number of H-pyrrole nitrogens is 1. The number of piperidine rings is 1. The quantitative estimate of drug-likeness (QED) is 0.894. The summed E-state index contributed by atoms with van der Waals surface area (Å²) in [5, 5.41) is 3.21. The number of fused-ring (bicyclic) bond motifs is 1. The van der Waals surface area contributed by atoms with Gasteiger partial charge < -0.3 is 10.3 Å². The number of aromatic amines is 1. The third-order valence-corrected chi connectivity index (χ3v) is 3.94. The molecular weight excluding hydrogens is 283 g/mol. The van der Waals surface area contributed by atoms with Crippen molar-refractivity contribution in [2.75, 3.05) is 13.1 Å². The first-order chi connectivity index (χ1) is 9.97. The van der Waals surface area contributed by atoms with E-state index in [9.17, 15) is 18.0 Å². The van der Waals surface area contributed by atoms with E-state index in [4.69, 9.17) is 0 Å². The van der Waals surface area contributed by atoms with Crippen molar-refractivity contribution in [2.24, 2.45) is 5.92 Å². The Balaban J connectivity index is 2.08. The van der Waals surface area contributed by atoms with Gasteiger partial charge in [-0.15, -0.1) is 0 Å². The third-order valence-electron chi connectivity index (χ3n) is 3.94. The van der Waals surface area contributed by atoms with Crippen molar-refractivity contribution in [3.63, 3.8) is 0 Å². The molecular formula is C14H16F3N3O. The zero-order valence-corrected chi connectivity index (χ0v) is 11.3. The van der Waals surface area contributed by atoms with Crippen LogP contribution in [0.2, 0.25) is 0 Å². The van der Waals surface area contributed by atoms with Gasteiger partial charge in [-0.25, -0.2) is 4.79 Å². The van der Waals surface area contributed by atoms with E-state index >= 15 is 0 Å². The van der Waals surface area contributed by atoms with Gasteiger partial charge in [0.1, 0.15) is 0 Å². The molecule has 1 fully saturated rings. The lowest BCUT2D eigenvalue weighted by atomic mass is 9.99. The molecule has 0 spiro atoms. The van der Waals surface area contributed by atoms with Crippen LogP contribution in [0.5, 0.6) is 0 Å². The molecule has 4 nitrogen and oxygen atoms in total. The van der Waals surface area contributed by atoms with Crippen LogP contribution in [0.1, 0.15) is 18.4 Å². The molecule has 1 aromatic heterocycles. The largest absolute Gasteiger partial charge is 0.418 e. The van der Waals surface area contributed by atoms with Gasteiger partial charge in [0.05, 0.1) is 16.6 Å². The molecule has 0 saturated carbocycles. The SMILES string of the molecule is O=c1[nH]c2cccc(C(F)(F)F)c2n1CC1CCCNC1. The van der Waals surface area contributed by atoms with E-state index in [0.29, 0.717) is 6.54 Å². The van der Waals surface area contributed by atoms with Crippen LogP contribution in [0.15, 0.2) is 23.0 Å². The number of rotatable bonds is 2. The van der Waals surface area contributed by atoms with Gasteiger partial charge >= 0.3 is 11.9 Å². The standard InChI is InChI=1S/C14H16F3N3O/c15-14(16,17)10-4-1-5-11-12(10)20(13(21)19-11)8-9-3-2-6-18-7-9/h1,4-5,9,18H,2-3,6-8H2,(H,19,21). The van der Waals surface area contributed by atoms with E-state index in [2.05, 4.69) is 10.3 Å². The van der Waals surface area contributed by atoms with Crippen LogP contribution in [-0.4, -0.2) is 22.6 Å². The van der Waals surface area contributed by atoms with E-state index < -0.39 is 17.4 Å². The van der Waals surface area contributed by atoms with Crippen LogP contribution >= 0.6 is 0 Å². The average Bonchev–Trinajstić information content (AvgIpc) is 2.75. The summed E-state index contributed by atoms with van der Waals surface area (Å²) in [7, 11) is 0. The minimum atomic E-state index is -4.47. The summed E-state index contributed by atoms with van der Waals surface area (Å²) >= 11 is 0. The molecule has 21 heavy (non-hydrogen) atoms. The average molecular weight is 299 g/mol. The number of para-hydroxylation sites is 1. The molecule has 2 N–H and O–H groups in total. The summed E-state index contributed by atoms with van der Waals surface area (Å²) in [5.74, 6) is 0.178. The summed E-state index contributed by atoms with van der Waals surface area (Å²) < 4.78 is 40.7.